The average molecular weight is 1890 g/mol. The largest absolute Gasteiger partial charge is 0.493 e. The van der Waals surface area contributed by atoms with Crippen LogP contribution >= 0.6 is 0 Å². The van der Waals surface area contributed by atoms with Gasteiger partial charge in [0, 0.05) is 37.8 Å². The maximum absolute atomic E-state index is 13.1. The van der Waals surface area contributed by atoms with E-state index in [1.165, 1.54) is 334 Å². The van der Waals surface area contributed by atoms with Gasteiger partial charge >= 0.3 is 23.9 Å². The van der Waals surface area contributed by atoms with Gasteiger partial charge in [-0.1, -0.05) is 449 Å². The van der Waals surface area contributed by atoms with Gasteiger partial charge in [-0.15, -0.1) is 0 Å². The van der Waals surface area contributed by atoms with E-state index in [9.17, 15) is 28.8 Å². The number of fused-ring (bicyclic) bond motifs is 8. The van der Waals surface area contributed by atoms with Crippen LogP contribution in [0.5, 0.6) is 23.0 Å². The topological polar surface area (TPSA) is 176 Å². The second-order valence-electron chi connectivity index (χ2n) is 40.2. The van der Waals surface area contributed by atoms with E-state index in [0.717, 1.165) is 167 Å². The maximum atomic E-state index is 13.1. The number of unbranched alkanes of at least 4 members (excludes halogenated alkanes) is 56. The summed E-state index contributed by atoms with van der Waals surface area (Å²) in [5.74, 6) is 0.979. The van der Waals surface area contributed by atoms with E-state index in [1.54, 1.807) is 0 Å². The van der Waals surface area contributed by atoms with E-state index >= 15 is 0 Å². The Labute approximate surface area is 830 Å². The number of aryl methyl sites for hydroxylation is 4. The highest BCUT2D eigenvalue weighted by Crippen LogP contribution is 2.43. The van der Waals surface area contributed by atoms with Crippen LogP contribution in [-0.4, -0.2) is 88.3 Å². The second kappa shape index (κ2) is 81.5. The van der Waals surface area contributed by atoms with Gasteiger partial charge < -0.3 is 37.9 Å². The van der Waals surface area contributed by atoms with Gasteiger partial charge in [-0.3, -0.25) is 19.2 Å². The first-order chi connectivity index (χ1) is 66.7. The van der Waals surface area contributed by atoms with Gasteiger partial charge in [-0.2, -0.15) is 0 Å². The van der Waals surface area contributed by atoms with Crippen molar-refractivity contribution >= 4 is 35.4 Å². The van der Waals surface area contributed by atoms with E-state index in [4.69, 9.17) is 37.9 Å². The number of benzene rings is 4. The number of hydrogen-bond donors (Lipinski definition) is 0. The molecule has 0 unspecified atom stereocenters. The molecule has 0 fully saturated rings. The fourth-order valence-electron chi connectivity index (χ4n) is 19.5. The zero-order valence-electron chi connectivity index (χ0n) is 87.9. The van der Waals surface area contributed by atoms with Gasteiger partial charge in [0.25, 0.3) is 0 Å². The number of carbonyl (C=O) groups is 6. The summed E-state index contributed by atoms with van der Waals surface area (Å²) in [5.41, 5.74) is 12.5. The van der Waals surface area contributed by atoms with E-state index in [-0.39, 0.29) is 50.8 Å². The molecule has 0 aliphatic heterocycles. The lowest BCUT2D eigenvalue weighted by Gasteiger charge is -2.25. The number of esters is 4. The Morgan fingerprint density at radius 1 is 0.221 bits per heavy atom. The smallest absolute Gasteiger partial charge is 0.330 e. The lowest BCUT2D eigenvalue weighted by molar-refractivity contribution is -0.147. The molecule has 0 aromatic heterocycles. The molecule has 14 heteroatoms. The minimum absolute atomic E-state index is 0.158. The molecule has 0 heterocycles. The monoisotopic (exact) mass is 1890 g/mol. The molecule has 4 aromatic rings. The van der Waals surface area contributed by atoms with Gasteiger partial charge in [0.05, 0.1) is 52.9 Å². The zero-order chi connectivity index (χ0) is 97.4. The van der Waals surface area contributed by atoms with Gasteiger partial charge in [0.1, 0.15) is 47.4 Å². The first-order valence-electron chi connectivity index (χ1n) is 56.7. The Morgan fingerprint density at radius 3 is 0.529 bits per heavy atom. The molecule has 0 atom stereocenters. The number of Topliss-reactive ketones (excluding diaryl/α,β-unsaturated/α-hetero) is 2. The zero-order valence-corrected chi connectivity index (χ0v) is 87.9. The number of rotatable bonds is 90. The highest BCUT2D eigenvalue weighted by atomic mass is 16.5. The van der Waals surface area contributed by atoms with Crippen LogP contribution in [0.2, 0.25) is 0 Å². The molecule has 768 valence electrons. The van der Waals surface area contributed by atoms with Gasteiger partial charge in [0.15, 0.2) is 0 Å². The van der Waals surface area contributed by atoms with E-state index in [1.807, 2.05) is 0 Å². The molecule has 136 heavy (non-hydrogen) atoms. The summed E-state index contributed by atoms with van der Waals surface area (Å²) < 4.78 is 53.2. The lowest BCUT2D eigenvalue weighted by Crippen LogP contribution is -2.13. The molecule has 4 aromatic carbocycles. The van der Waals surface area contributed by atoms with Crippen molar-refractivity contribution in [3.05, 3.63) is 141 Å². The number of ketones is 2. The van der Waals surface area contributed by atoms with Crippen LogP contribution in [0.15, 0.2) is 73.8 Å². The summed E-state index contributed by atoms with van der Waals surface area (Å²) in [6.07, 6.45) is 84.1. The van der Waals surface area contributed by atoms with Crippen LogP contribution < -0.4 is 18.9 Å². The average Bonchev–Trinajstić information content (AvgIpc) is 0.770. The summed E-state index contributed by atoms with van der Waals surface area (Å²) in [5, 5.41) is 0. The Kier molecular flexibility index (Phi) is 71.4. The highest BCUT2D eigenvalue weighted by Gasteiger charge is 2.27. The quantitative estimate of drug-likeness (QED) is 0.0118. The molecule has 14 nitrogen and oxygen atoms in total. The third-order valence-corrected chi connectivity index (χ3v) is 27.3. The lowest BCUT2D eigenvalue weighted by atomic mass is 9.87. The van der Waals surface area contributed by atoms with Crippen molar-refractivity contribution in [2.75, 3.05) is 52.9 Å². The first kappa shape index (κ1) is 119. The summed E-state index contributed by atoms with van der Waals surface area (Å²) in [4.78, 5) is 76.0. The normalized spacial score (nSPS) is 11.8. The molecule has 1 aliphatic rings. The SMILES string of the molecule is C=CC(=O)OCCCc1cc2c(OCCCCCCCCCCCCCCCCC)c(c1)Cc1cc(CCCOC(=O)CC(C)=O)cc(c1OCCCCCCCCCCCCCCCCC)Cc1cc(CCCOC(=O)C=C)cc(c1OCCCCCCCCCCCCCCCCC)Cc1cc(CCCOC(=O)CC(C)=O)cc(c1OCCCCCCCCCCCCCCCCC)C2. The Morgan fingerprint density at radius 2 is 0.375 bits per heavy atom. The van der Waals surface area contributed by atoms with Crippen molar-refractivity contribution < 1.29 is 66.7 Å². The molecule has 0 radical (unpaired) electrons. The van der Waals surface area contributed by atoms with Gasteiger partial charge in [0.2, 0.25) is 0 Å². The van der Waals surface area contributed by atoms with Crippen molar-refractivity contribution in [1.29, 1.82) is 0 Å². The van der Waals surface area contributed by atoms with Crippen LogP contribution in [0.25, 0.3) is 0 Å². The van der Waals surface area contributed by atoms with Crippen LogP contribution in [-0.2, 0) is 99.1 Å². The predicted octanol–water partition coefficient (Wildman–Crippen LogP) is 33.6. The Bertz CT molecular complexity index is 3470. The molecule has 1 aliphatic carbocycles. The number of hydrogen-bond acceptors (Lipinski definition) is 14. The van der Waals surface area contributed by atoms with E-state index in [2.05, 4.69) is 89.4 Å². The van der Waals surface area contributed by atoms with E-state index < -0.39 is 23.9 Å². The standard InChI is InChI=1S/C122H196O14/c1-9-15-19-23-27-31-35-39-43-47-51-55-59-63-67-79-133-119-107-89-103(75-71-83-129-115(125)13-5)90-108(119)98-112-94-106(78-74-86-132-118(128)88-102(8)124)96-114(122(112)136-82-70-66-62-58-54-50-46-42-38-34-30-26-22-18-12-4)100-110-92-104(76-72-84-130-116(126)14-6)91-109(120(110)134-80-68-64-60-56-52-48-44-40-36-32-28-24-20-16-10-2)99-113-95-105(77-73-85-131-117(127)87-101(7)123)93-111(97-107)121(113)135-81-69-65-61-57-53-49-45-41-37-33-29-25-21-17-11-3/h13-14,89-96H,5-6,9-12,15-88,97-100H2,1-4,7-8H3. The van der Waals surface area contributed by atoms with Crippen LogP contribution in [0.3, 0.4) is 0 Å². The predicted molar refractivity (Wildman–Crippen MR) is 567 cm³/mol. The fraction of sp³-hybridized carbons (Fsp3) is 0.721. The van der Waals surface area contributed by atoms with Gasteiger partial charge in [-0.05, 0) is 158 Å². The minimum atomic E-state index is -0.520. The van der Waals surface area contributed by atoms with Crippen molar-refractivity contribution in [3.63, 3.8) is 0 Å². The fourth-order valence-corrected chi connectivity index (χ4v) is 19.5. The van der Waals surface area contributed by atoms with Crippen molar-refractivity contribution in [3.8, 4) is 23.0 Å². The molecule has 0 amide bonds. The molecule has 0 saturated carbocycles. The third-order valence-electron chi connectivity index (χ3n) is 27.3. The summed E-state index contributed by atoms with van der Waals surface area (Å²) in [7, 11) is 0. The Hall–Kier alpha value is -7.22. The van der Waals surface area contributed by atoms with Gasteiger partial charge in [-0.25, -0.2) is 9.59 Å². The molecule has 0 N–H and O–H groups in total. The summed E-state index contributed by atoms with van der Waals surface area (Å²) >= 11 is 0. The van der Waals surface area contributed by atoms with Crippen molar-refractivity contribution in [2.24, 2.45) is 0 Å². The first-order valence-corrected chi connectivity index (χ1v) is 56.7. The van der Waals surface area contributed by atoms with Crippen LogP contribution in [0, 0.1) is 0 Å². The second-order valence-corrected chi connectivity index (χ2v) is 40.2. The molecule has 0 saturated heterocycles. The summed E-state index contributed by atoms with van der Waals surface area (Å²) in [6, 6.07) is 18.6. The number of carbonyl (C=O) groups excluding carboxylic acids is 6. The molecular weight excluding hydrogens is 1690 g/mol. The molecule has 5 rings (SSSR count). The molecule has 0 spiro atoms. The Balaban J connectivity index is 1.76. The highest BCUT2D eigenvalue weighted by molar-refractivity contribution is 5.94. The molecule has 8 bridgehead atoms. The van der Waals surface area contributed by atoms with Crippen molar-refractivity contribution in [2.45, 2.75) is 517 Å². The van der Waals surface area contributed by atoms with Crippen LogP contribution in [0.1, 0.15) is 532 Å². The minimum Gasteiger partial charge on any atom is -0.493 e. The number of ether oxygens (including phenoxy) is 8. The van der Waals surface area contributed by atoms with Crippen LogP contribution in [0.4, 0.5) is 0 Å². The molecular formula is C122H196O14. The summed E-state index contributed by atoms with van der Waals surface area (Å²) in [6.45, 7) is 22.3. The third kappa shape index (κ3) is 58.7. The maximum Gasteiger partial charge on any atom is 0.330 e. The van der Waals surface area contributed by atoms with Crippen molar-refractivity contribution in [1.82, 2.24) is 0 Å². The van der Waals surface area contributed by atoms with E-state index in [0.29, 0.717) is 103 Å².